The Morgan fingerprint density at radius 3 is 2.72 bits per heavy atom. The molecule has 0 aromatic heterocycles. The summed E-state index contributed by atoms with van der Waals surface area (Å²) in [6.45, 7) is 8.31. The molecule has 2 fully saturated rings. The van der Waals surface area contributed by atoms with Gasteiger partial charge < -0.3 is 14.9 Å². The topological polar surface area (TPSA) is 83.8 Å². The predicted octanol–water partition coefficient (Wildman–Crippen LogP) is 2.17. The minimum Gasteiger partial charge on any atom is -0.458 e. The predicted molar refractivity (Wildman–Crippen MR) is 92.6 cm³/mol. The van der Waals surface area contributed by atoms with Crippen molar-refractivity contribution in [2.24, 2.45) is 22.7 Å². The molecule has 5 atom stereocenters. The molecule has 0 aromatic rings. The zero-order valence-electron chi connectivity index (χ0n) is 15.1. The number of hydrogen-bond acceptors (Lipinski definition) is 5. The highest BCUT2D eigenvalue weighted by molar-refractivity contribution is 5.91. The number of carbonyl (C=O) groups excluding carboxylic acids is 2. The van der Waals surface area contributed by atoms with Crippen molar-refractivity contribution in [3.63, 3.8) is 0 Å². The van der Waals surface area contributed by atoms with Gasteiger partial charge >= 0.3 is 5.97 Å². The van der Waals surface area contributed by atoms with Crippen LogP contribution in [-0.2, 0) is 14.3 Å². The molecule has 0 saturated heterocycles. The molecule has 1 heterocycles. The van der Waals surface area contributed by atoms with Crippen LogP contribution in [0, 0.1) is 22.7 Å². The number of rotatable bonds is 4. The quantitative estimate of drug-likeness (QED) is 0.601. The largest absolute Gasteiger partial charge is 0.458 e. The third-order valence-electron chi connectivity index (χ3n) is 6.92. The number of allylic oxidation sites excluding steroid dienone is 1. The normalized spacial score (nSPS) is 41.1. The number of cyclic esters (lactones) is 1. The molecule has 0 radical (unpaired) electrons. The van der Waals surface area contributed by atoms with Crippen molar-refractivity contribution in [3.05, 3.63) is 23.8 Å². The second-order valence-corrected chi connectivity index (χ2v) is 8.46. The Morgan fingerprint density at radius 1 is 1.40 bits per heavy atom. The Bertz CT molecular complexity index is 636. The molecule has 138 valence electrons. The molecule has 25 heavy (non-hydrogen) atoms. The van der Waals surface area contributed by atoms with Gasteiger partial charge in [0.05, 0.1) is 12.7 Å². The zero-order valence-corrected chi connectivity index (χ0v) is 15.1. The van der Waals surface area contributed by atoms with Gasteiger partial charge in [-0.2, -0.15) is 0 Å². The fraction of sp³-hybridized carbons (Fsp3) is 0.700. The van der Waals surface area contributed by atoms with Crippen molar-refractivity contribution < 1.29 is 24.5 Å². The maximum Gasteiger partial charge on any atom is 0.331 e. The van der Waals surface area contributed by atoms with Crippen LogP contribution in [0.15, 0.2) is 23.8 Å². The molecule has 0 spiro atoms. The van der Waals surface area contributed by atoms with E-state index in [0.29, 0.717) is 12.0 Å². The van der Waals surface area contributed by atoms with Crippen LogP contribution in [0.1, 0.15) is 46.0 Å². The highest BCUT2D eigenvalue weighted by Gasteiger charge is 2.59. The maximum atomic E-state index is 13.1. The first-order valence-electron chi connectivity index (χ1n) is 9.08. The lowest BCUT2D eigenvalue weighted by molar-refractivity contribution is -0.160. The fourth-order valence-corrected chi connectivity index (χ4v) is 5.54. The molecular weight excluding hydrogens is 320 g/mol. The second-order valence-electron chi connectivity index (χ2n) is 8.46. The van der Waals surface area contributed by atoms with E-state index in [1.165, 1.54) is 6.08 Å². The fourth-order valence-electron chi connectivity index (χ4n) is 5.54. The van der Waals surface area contributed by atoms with Gasteiger partial charge in [-0.3, -0.25) is 4.79 Å². The molecule has 2 N–H and O–H groups in total. The molecule has 0 aromatic carbocycles. The van der Waals surface area contributed by atoms with Crippen molar-refractivity contribution >= 4 is 11.8 Å². The van der Waals surface area contributed by atoms with Gasteiger partial charge in [-0.05, 0) is 42.6 Å². The summed E-state index contributed by atoms with van der Waals surface area (Å²) in [5.41, 5.74) is 0.728. The highest BCUT2D eigenvalue weighted by Crippen LogP contribution is 2.61. The molecular formula is C20H28O5. The first-order chi connectivity index (χ1) is 11.7. The van der Waals surface area contributed by atoms with E-state index in [2.05, 4.69) is 13.5 Å². The van der Waals surface area contributed by atoms with E-state index in [1.807, 2.05) is 6.92 Å². The lowest BCUT2D eigenvalue weighted by Crippen LogP contribution is -2.58. The standard InChI is InChI=1S/C20H28O5/c1-12-4-5-15-19(2,7-6-16(23)20(15,3)11-21)18(12)14(22)8-13-9-17(24)25-10-13/h9,15-16,18,21,23H,1,4-8,10-11H2,2-3H3. The molecule has 5 heteroatoms. The Hall–Kier alpha value is -1.46. The first kappa shape index (κ1) is 18.3. The van der Waals surface area contributed by atoms with Crippen molar-refractivity contribution in [1.29, 1.82) is 0 Å². The summed E-state index contributed by atoms with van der Waals surface area (Å²) in [4.78, 5) is 24.4. The van der Waals surface area contributed by atoms with Crippen LogP contribution in [0.3, 0.4) is 0 Å². The van der Waals surface area contributed by atoms with Crippen molar-refractivity contribution in [3.8, 4) is 0 Å². The van der Waals surface area contributed by atoms with Gasteiger partial charge in [-0.15, -0.1) is 0 Å². The van der Waals surface area contributed by atoms with Gasteiger partial charge in [-0.1, -0.05) is 26.0 Å². The summed E-state index contributed by atoms with van der Waals surface area (Å²) in [5, 5.41) is 20.5. The number of carbonyl (C=O) groups is 2. The minimum absolute atomic E-state index is 0.0589. The molecule has 3 rings (SSSR count). The number of aliphatic hydroxyl groups excluding tert-OH is 2. The number of ketones is 1. The van der Waals surface area contributed by atoms with Gasteiger partial charge in [0, 0.05) is 23.8 Å². The molecule has 3 aliphatic rings. The van der Waals surface area contributed by atoms with Crippen molar-refractivity contribution in [2.45, 2.75) is 52.1 Å². The number of fused-ring (bicyclic) bond motifs is 1. The zero-order chi connectivity index (χ0) is 18.4. The third-order valence-corrected chi connectivity index (χ3v) is 6.92. The van der Waals surface area contributed by atoms with E-state index in [0.717, 1.165) is 24.8 Å². The monoisotopic (exact) mass is 348 g/mol. The Kier molecular flexibility index (Phi) is 4.67. The summed E-state index contributed by atoms with van der Waals surface area (Å²) in [5.74, 6) is -0.564. The second kappa shape index (κ2) is 6.36. The van der Waals surface area contributed by atoms with E-state index in [1.54, 1.807) is 0 Å². The molecule has 2 saturated carbocycles. The summed E-state index contributed by atoms with van der Waals surface area (Å²) in [6.07, 6.45) is 3.93. The van der Waals surface area contributed by atoms with Crippen molar-refractivity contribution in [1.82, 2.24) is 0 Å². The number of ether oxygens (including phenoxy) is 1. The first-order valence-corrected chi connectivity index (χ1v) is 9.08. The molecule has 5 unspecified atom stereocenters. The SMILES string of the molecule is C=C1CCC2C(C)(CO)C(O)CCC2(C)C1C(=O)CC1=CC(=O)OC1. The lowest BCUT2D eigenvalue weighted by atomic mass is 9.46. The number of hydrogen-bond donors (Lipinski definition) is 2. The number of aliphatic hydroxyl groups is 2. The number of Topliss-reactive ketones (excluding diaryl/α,β-unsaturated/α-hetero) is 1. The number of esters is 1. The molecule has 1 aliphatic heterocycles. The van der Waals surface area contributed by atoms with E-state index in [9.17, 15) is 19.8 Å². The van der Waals surface area contributed by atoms with E-state index < -0.39 is 11.5 Å². The van der Waals surface area contributed by atoms with Gasteiger partial charge in [-0.25, -0.2) is 4.79 Å². The van der Waals surface area contributed by atoms with Crippen LogP contribution in [-0.4, -0.2) is 41.3 Å². The summed E-state index contributed by atoms with van der Waals surface area (Å²) < 4.78 is 4.90. The summed E-state index contributed by atoms with van der Waals surface area (Å²) in [6, 6.07) is 0. The average molecular weight is 348 g/mol. The van der Waals surface area contributed by atoms with E-state index in [4.69, 9.17) is 4.74 Å². The van der Waals surface area contributed by atoms with Crippen LogP contribution in [0.25, 0.3) is 0 Å². The third kappa shape index (κ3) is 2.87. The Morgan fingerprint density at radius 2 is 2.12 bits per heavy atom. The maximum absolute atomic E-state index is 13.1. The molecule has 0 bridgehead atoms. The van der Waals surface area contributed by atoms with Gasteiger partial charge in [0.15, 0.2) is 0 Å². The minimum atomic E-state index is -0.599. The van der Waals surface area contributed by atoms with Crippen molar-refractivity contribution in [2.75, 3.05) is 13.2 Å². The van der Waals surface area contributed by atoms with Crippen LogP contribution in [0.2, 0.25) is 0 Å². The van der Waals surface area contributed by atoms with Crippen LogP contribution >= 0.6 is 0 Å². The van der Waals surface area contributed by atoms with E-state index in [-0.39, 0.29) is 48.6 Å². The van der Waals surface area contributed by atoms with Gasteiger partial charge in [0.25, 0.3) is 0 Å². The summed E-state index contributed by atoms with van der Waals surface area (Å²) in [7, 11) is 0. The van der Waals surface area contributed by atoms with Gasteiger partial charge in [0.2, 0.25) is 0 Å². The summed E-state index contributed by atoms with van der Waals surface area (Å²) >= 11 is 0. The molecule has 2 aliphatic carbocycles. The van der Waals surface area contributed by atoms with Gasteiger partial charge in [0.1, 0.15) is 12.4 Å². The van der Waals surface area contributed by atoms with Crippen LogP contribution in [0.4, 0.5) is 0 Å². The smallest absolute Gasteiger partial charge is 0.331 e. The Balaban J connectivity index is 1.90. The van der Waals surface area contributed by atoms with Crippen LogP contribution in [0.5, 0.6) is 0 Å². The highest BCUT2D eigenvalue weighted by atomic mass is 16.5. The van der Waals surface area contributed by atoms with Crippen LogP contribution < -0.4 is 0 Å². The lowest BCUT2D eigenvalue weighted by Gasteiger charge is -2.59. The molecule has 0 amide bonds. The molecule has 5 nitrogen and oxygen atoms in total. The Labute approximate surface area is 148 Å². The van der Waals surface area contributed by atoms with E-state index >= 15 is 0 Å². The average Bonchev–Trinajstić information content (AvgIpc) is 2.96.